The number of thioether (sulfide) groups is 1. The van der Waals surface area contributed by atoms with Crippen molar-refractivity contribution < 1.29 is 9.53 Å². The van der Waals surface area contributed by atoms with Gasteiger partial charge in [0.15, 0.2) is 0 Å². The summed E-state index contributed by atoms with van der Waals surface area (Å²) in [6, 6.07) is 10.2. The van der Waals surface area contributed by atoms with Crippen molar-refractivity contribution in [2.24, 2.45) is 0 Å². The van der Waals surface area contributed by atoms with E-state index in [1.165, 1.54) is 4.90 Å². The molecule has 0 spiro atoms. The lowest BCUT2D eigenvalue weighted by Gasteiger charge is -2.23. The number of amides is 1. The number of hydrogen-bond acceptors (Lipinski definition) is 4. The molecule has 104 valence electrons. The minimum atomic E-state index is 0.0236. The van der Waals surface area contributed by atoms with Gasteiger partial charge in [-0.2, -0.15) is 0 Å². The van der Waals surface area contributed by atoms with Gasteiger partial charge in [0.1, 0.15) is 0 Å². The highest BCUT2D eigenvalue weighted by atomic mass is 32.2. The summed E-state index contributed by atoms with van der Waals surface area (Å²) in [5.74, 6) is 0.960. The molecule has 4 nitrogen and oxygen atoms in total. The molecule has 0 radical (unpaired) electrons. The van der Waals surface area contributed by atoms with Gasteiger partial charge in [0.25, 0.3) is 0 Å². The molecule has 19 heavy (non-hydrogen) atoms. The molecule has 1 fully saturated rings. The van der Waals surface area contributed by atoms with Crippen molar-refractivity contribution in [3.63, 3.8) is 0 Å². The molecule has 0 saturated carbocycles. The van der Waals surface area contributed by atoms with E-state index in [0.29, 0.717) is 19.6 Å². The molecule has 1 atom stereocenters. The van der Waals surface area contributed by atoms with Crippen molar-refractivity contribution >= 4 is 17.7 Å². The lowest BCUT2D eigenvalue weighted by atomic mass is 10.2. The minimum absolute atomic E-state index is 0.0236. The Balaban J connectivity index is 1.56. The fourth-order valence-corrected chi connectivity index (χ4v) is 2.70. The summed E-state index contributed by atoms with van der Waals surface area (Å²) in [5.41, 5.74) is 0. The van der Waals surface area contributed by atoms with Crippen LogP contribution in [0.5, 0.6) is 0 Å². The largest absolute Gasteiger partial charge is 0.375 e. The molecule has 0 aliphatic carbocycles. The van der Waals surface area contributed by atoms with Gasteiger partial charge in [-0.05, 0) is 12.1 Å². The van der Waals surface area contributed by atoms with Crippen LogP contribution in [0.4, 0.5) is 0 Å². The summed E-state index contributed by atoms with van der Waals surface area (Å²) in [6.45, 7) is 3.04. The highest BCUT2D eigenvalue weighted by Crippen LogP contribution is 2.15. The molecule has 1 aromatic carbocycles. The molecule has 1 saturated heterocycles. The van der Waals surface area contributed by atoms with Crippen LogP contribution in [0.15, 0.2) is 35.2 Å². The van der Waals surface area contributed by atoms with Gasteiger partial charge in [-0.25, -0.2) is 0 Å². The molecule has 1 aliphatic rings. The molecule has 5 heteroatoms. The lowest BCUT2D eigenvalue weighted by Crippen LogP contribution is -2.41. The molecule has 2 N–H and O–H groups in total. The fraction of sp³-hybridized carbons (Fsp3) is 0.500. The van der Waals surface area contributed by atoms with E-state index in [9.17, 15) is 4.79 Å². The van der Waals surface area contributed by atoms with Crippen molar-refractivity contribution in [1.29, 1.82) is 0 Å². The zero-order chi connectivity index (χ0) is 13.3. The lowest BCUT2D eigenvalue weighted by molar-refractivity contribution is -0.124. The van der Waals surface area contributed by atoms with E-state index in [-0.39, 0.29) is 12.0 Å². The molecule has 0 bridgehead atoms. The first-order valence-corrected chi connectivity index (χ1v) is 7.60. The number of carbonyl (C=O) groups excluding carboxylic acids is 1. The van der Waals surface area contributed by atoms with Gasteiger partial charge in [0, 0.05) is 30.3 Å². The van der Waals surface area contributed by atoms with Crippen molar-refractivity contribution in [2.45, 2.75) is 17.4 Å². The monoisotopic (exact) mass is 280 g/mol. The smallest absolute Gasteiger partial charge is 0.222 e. The van der Waals surface area contributed by atoms with E-state index in [1.54, 1.807) is 11.8 Å². The van der Waals surface area contributed by atoms with Gasteiger partial charge < -0.3 is 15.4 Å². The topological polar surface area (TPSA) is 50.4 Å². The fourth-order valence-electron chi connectivity index (χ4n) is 1.91. The van der Waals surface area contributed by atoms with Crippen LogP contribution in [0.3, 0.4) is 0 Å². The van der Waals surface area contributed by atoms with Crippen LogP contribution in [0, 0.1) is 0 Å². The van der Waals surface area contributed by atoms with Crippen LogP contribution in [0.2, 0.25) is 0 Å². The first-order valence-electron chi connectivity index (χ1n) is 6.61. The second-order valence-electron chi connectivity index (χ2n) is 4.41. The zero-order valence-corrected chi connectivity index (χ0v) is 11.7. The number of nitrogens with one attached hydrogen (secondary N) is 2. The molecule has 1 aliphatic heterocycles. The Bertz CT molecular complexity index is 380. The van der Waals surface area contributed by atoms with E-state index in [2.05, 4.69) is 22.8 Å². The number of benzene rings is 1. The molecular formula is C14H20N2O2S. The minimum Gasteiger partial charge on any atom is -0.375 e. The van der Waals surface area contributed by atoms with Crippen LogP contribution in [-0.2, 0) is 9.53 Å². The van der Waals surface area contributed by atoms with E-state index >= 15 is 0 Å². The van der Waals surface area contributed by atoms with Crippen molar-refractivity contribution in [3.05, 3.63) is 30.3 Å². The second-order valence-corrected chi connectivity index (χ2v) is 5.58. The predicted molar refractivity (Wildman–Crippen MR) is 77.4 cm³/mol. The molecular weight excluding hydrogens is 260 g/mol. The molecule has 1 unspecified atom stereocenters. The summed E-state index contributed by atoms with van der Waals surface area (Å²) in [5, 5.41) is 6.15. The van der Waals surface area contributed by atoms with Crippen LogP contribution in [0.25, 0.3) is 0 Å². The second kappa shape index (κ2) is 8.19. The van der Waals surface area contributed by atoms with Crippen molar-refractivity contribution in [1.82, 2.24) is 10.6 Å². The molecule has 1 heterocycles. The number of hydrogen-bond donors (Lipinski definition) is 2. The Morgan fingerprint density at radius 1 is 1.42 bits per heavy atom. The maximum Gasteiger partial charge on any atom is 0.222 e. The highest BCUT2D eigenvalue weighted by molar-refractivity contribution is 7.99. The maximum atomic E-state index is 11.7. The van der Waals surface area contributed by atoms with Gasteiger partial charge in [-0.3, -0.25) is 4.79 Å². The summed E-state index contributed by atoms with van der Waals surface area (Å²) in [6.07, 6.45) is 0.471. The standard InChI is InChI=1S/C14H20N2O2S/c17-14(10-12-11-15-6-8-18-12)16-7-9-19-13-4-2-1-3-5-13/h1-5,12,15H,6-11H2,(H,16,17). The third-order valence-electron chi connectivity index (χ3n) is 2.85. The third-order valence-corrected chi connectivity index (χ3v) is 3.87. The van der Waals surface area contributed by atoms with Crippen LogP contribution >= 0.6 is 11.8 Å². The first kappa shape index (κ1) is 14.4. The quantitative estimate of drug-likeness (QED) is 0.609. The molecule has 2 rings (SSSR count). The summed E-state index contributed by atoms with van der Waals surface area (Å²) in [7, 11) is 0. The molecule has 1 amide bonds. The SMILES string of the molecule is O=C(CC1CNCCO1)NCCSc1ccccc1. The van der Waals surface area contributed by atoms with E-state index in [0.717, 1.165) is 18.8 Å². The maximum absolute atomic E-state index is 11.7. The Morgan fingerprint density at radius 3 is 3.00 bits per heavy atom. The van der Waals surface area contributed by atoms with Crippen molar-refractivity contribution in [3.8, 4) is 0 Å². The van der Waals surface area contributed by atoms with Crippen LogP contribution in [-0.4, -0.2) is 44.0 Å². The van der Waals surface area contributed by atoms with Gasteiger partial charge in [-0.1, -0.05) is 18.2 Å². The highest BCUT2D eigenvalue weighted by Gasteiger charge is 2.16. The summed E-state index contributed by atoms with van der Waals surface area (Å²) in [4.78, 5) is 12.9. The third kappa shape index (κ3) is 5.63. The van der Waals surface area contributed by atoms with Crippen LogP contribution < -0.4 is 10.6 Å². The van der Waals surface area contributed by atoms with Gasteiger partial charge in [-0.15, -0.1) is 11.8 Å². The van der Waals surface area contributed by atoms with Gasteiger partial charge in [0.2, 0.25) is 5.91 Å². The predicted octanol–water partition coefficient (Wildman–Crippen LogP) is 1.27. The van der Waals surface area contributed by atoms with Crippen LogP contribution in [0.1, 0.15) is 6.42 Å². The zero-order valence-electron chi connectivity index (χ0n) is 10.9. The Morgan fingerprint density at radius 2 is 2.26 bits per heavy atom. The average Bonchev–Trinajstić information content (AvgIpc) is 2.46. The van der Waals surface area contributed by atoms with Crippen molar-refractivity contribution in [2.75, 3.05) is 32.0 Å². The molecule has 1 aromatic rings. The normalized spacial score (nSPS) is 19.1. The van der Waals surface area contributed by atoms with Gasteiger partial charge in [0.05, 0.1) is 19.1 Å². The number of morpholine rings is 1. The summed E-state index contributed by atoms with van der Waals surface area (Å²) >= 11 is 1.75. The number of carbonyl (C=O) groups is 1. The first-order chi connectivity index (χ1) is 9.34. The molecule has 0 aromatic heterocycles. The average molecular weight is 280 g/mol. The Labute approximate surface area is 118 Å². The van der Waals surface area contributed by atoms with E-state index in [1.807, 2.05) is 18.2 Å². The van der Waals surface area contributed by atoms with E-state index in [4.69, 9.17) is 4.74 Å². The number of ether oxygens (including phenoxy) is 1. The Kier molecular flexibility index (Phi) is 6.20. The number of rotatable bonds is 6. The van der Waals surface area contributed by atoms with E-state index < -0.39 is 0 Å². The Hall–Kier alpha value is -1.04. The van der Waals surface area contributed by atoms with Gasteiger partial charge >= 0.3 is 0 Å². The summed E-state index contributed by atoms with van der Waals surface area (Å²) < 4.78 is 5.50.